The van der Waals surface area contributed by atoms with E-state index in [0.29, 0.717) is 12.1 Å². The van der Waals surface area contributed by atoms with Gasteiger partial charge in [0.2, 0.25) is 0 Å². The van der Waals surface area contributed by atoms with Gasteiger partial charge in [-0.15, -0.1) is 0 Å². The highest BCUT2D eigenvalue weighted by atomic mass is 15.0. The van der Waals surface area contributed by atoms with Crippen LogP contribution in [0, 0.1) is 0 Å². The molecule has 0 amide bonds. The van der Waals surface area contributed by atoms with Crippen molar-refractivity contribution in [2.45, 2.75) is 31.3 Å². The Balaban J connectivity index is 1.89. The maximum Gasteiger partial charge on any atom is 0.0421 e. The van der Waals surface area contributed by atoms with Gasteiger partial charge in [0.15, 0.2) is 0 Å². The first-order valence-electron chi connectivity index (χ1n) is 6.30. The summed E-state index contributed by atoms with van der Waals surface area (Å²) in [7, 11) is 0. The minimum Gasteiger partial charge on any atom is -0.387 e. The van der Waals surface area contributed by atoms with Gasteiger partial charge in [-0.3, -0.25) is 4.99 Å². The lowest BCUT2D eigenvalue weighted by atomic mass is 10.0. The zero-order valence-electron chi connectivity index (χ0n) is 9.78. The summed E-state index contributed by atoms with van der Waals surface area (Å²) in [6, 6.07) is 1.07. The minimum atomic E-state index is 0.525. The molecule has 0 bridgehead atoms. The standard InChI is InChI=1S/C12H22N4/c1-5-13-9-3-11(15-7-1)12-4-10-14-6-2-8-16-12/h1,6-7,11-13,15-16H,2-5,8-10H2. The third-order valence-corrected chi connectivity index (χ3v) is 3.19. The molecule has 0 fully saturated rings. The van der Waals surface area contributed by atoms with E-state index in [1.807, 2.05) is 6.21 Å². The zero-order valence-corrected chi connectivity index (χ0v) is 9.78. The van der Waals surface area contributed by atoms with Crippen LogP contribution in [0.2, 0.25) is 0 Å². The maximum absolute atomic E-state index is 4.39. The van der Waals surface area contributed by atoms with Crippen LogP contribution in [0.15, 0.2) is 17.3 Å². The number of rotatable bonds is 1. The van der Waals surface area contributed by atoms with Crippen molar-refractivity contribution in [2.75, 3.05) is 26.2 Å². The van der Waals surface area contributed by atoms with Crippen molar-refractivity contribution in [1.82, 2.24) is 16.0 Å². The summed E-state index contributed by atoms with van der Waals surface area (Å²) in [6.07, 6.45) is 9.62. The van der Waals surface area contributed by atoms with Gasteiger partial charge in [-0.05, 0) is 38.2 Å². The van der Waals surface area contributed by atoms with Crippen LogP contribution < -0.4 is 16.0 Å². The smallest absolute Gasteiger partial charge is 0.0421 e. The average molecular weight is 222 g/mol. The molecule has 0 spiro atoms. The molecular weight excluding hydrogens is 200 g/mol. The topological polar surface area (TPSA) is 48.5 Å². The molecule has 90 valence electrons. The van der Waals surface area contributed by atoms with Gasteiger partial charge < -0.3 is 16.0 Å². The average Bonchev–Trinajstić information content (AvgIpc) is 2.18. The first-order valence-corrected chi connectivity index (χ1v) is 6.30. The highest BCUT2D eigenvalue weighted by molar-refractivity contribution is 5.57. The minimum absolute atomic E-state index is 0.525. The first-order chi connectivity index (χ1) is 7.97. The Labute approximate surface area is 97.6 Å². The summed E-state index contributed by atoms with van der Waals surface area (Å²) >= 11 is 0. The molecule has 2 heterocycles. The molecule has 2 aliphatic heterocycles. The second kappa shape index (κ2) is 6.66. The van der Waals surface area contributed by atoms with Crippen LogP contribution in [0.25, 0.3) is 0 Å². The molecule has 2 aliphatic rings. The SMILES string of the molecule is C1=CNC(C2CCN=CCCN2)CCNC1. The van der Waals surface area contributed by atoms with Crippen molar-refractivity contribution in [3.63, 3.8) is 0 Å². The fourth-order valence-corrected chi connectivity index (χ4v) is 2.27. The Kier molecular flexibility index (Phi) is 4.83. The molecule has 3 N–H and O–H groups in total. The Bertz CT molecular complexity index is 249. The molecule has 2 rings (SSSR count). The number of nitrogens with zero attached hydrogens (tertiary/aromatic N) is 1. The predicted octanol–water partition coefficient (Wildman–Crippen LogP) is 0.274. The number of nitrogens with one attached hydrogen (secondary N) is 3. The van der Waals surface area contributed by atoms with Gasteiger partial charge >= 0.3 is 0 Å². The lowest BCUT2D eigenvalue weighted by Crippen LogP contribution is -2.49. The van der Waals surface area contributed by atoms with Crippen LogP contribution in [-0.2, 0) is 0 Å². The first kappa shape index (κ1) is 11.6. The Hall–Kier alpha value is -0.870. The molecule has 0 saturated carbocycles. The summed E-state index contributed by atoms with van der Waals surface area (Å²) in [5.74, 6) is 0. The van der Waals surface area contributed by atoms with E-state index in [2.05, 4.69) is 33.2 Å². The maximum atomic E-state index is 4.39. The lowest BCUT2D eigenvalue weighted by molar-refractivity contribution is 0.357. The van der Waals surface area contributed by atoms with Crippen molar-refractivity contribution < 1.29 is 0 Å². The van der Waals surface area contributed by atoms with Crippen molar-refractivity contribution in [3.8, 4) is 0 Å². The van der Waals surface area contributed by atoms with Crippen LogP contribution in [-0.4, -0.2) is 44.5 Å². The Morgan fingerprint density at radius 3 is 3.12 bits per heavy atom. The Morgan fingerprint density at radius 1 is 1.12 bits per heavy atom. The van der Waals surface area contributed by atoms with E-state index < -0.39 is 0 Å². The normalized spacial score (nSPS) is 32.0. The molecule has 0 aromatic carbocycles. The molecule has 0 saturated heterocycles. The second-order valence-corrected chi connectivity index (χ2v) is 4.40. The predicted molar refractivity (Wildman–Crippen MR) is 67.9 cm³/mol. The highest BCUT2D eigenvalue weighted by Gasteiger charge is 2.20. The van der Waals surface area contributed by atoms with Gasteiger partial charge in [0, 0.05) is 31.7 Å². The van der Waals surface area contributed by atoms with Gasteiger partial charge in [0.05, 0.1) is 0 Å². The van der Waals surface area contributed by atoms with Crippen molar-refractivity contribution in [3.05, 3.63) is 12.3 Å². The van der Waals surface area contributed by atoms with Gasteiger partial charge in [-0.25, -0.2) is 0 Å². The number of hydrogen-bond donors (Lipinski definition) is 3. The summed E-state index contributed by atoms with van der Waals surface area (Å²) < 4.78 is 0. The van der Waals surface area contributed by atoms with Gasteiger partial charge in [-0.2, -0.15) is 0 Å². The molecule has 0 radical (unpaired) electrons. The van der Waals surface area contributed by atoms with Gasteiger partial charge in [0.1, 0.15) is 0 Å². The van der Waals surface area contributed by atoms with E-state index in [9.17, 15) is 0 Å². The van der Waals surface area contributed by atoms with E-state index in [-0.39, 0.29) is 0 Å². The van der Waals surface area contributed by atoms with Gasteiger partial charge in [0.25, 0.3) is 0 Å². The van der Waals surface area contributed by atoms with Crippen molar-refractivity contribution in [2.24, 2.45) is 4.99 Å². The molecular formula is C12H22N4. The largest absolute Gasteiger partial charge is 0.387 e. The van der Waals surface area contributed by atoms with Crippen molar-refractivity contribution >= 4 is 6.21 Å². The lowest BCUT2D eigenvalue weighted by Gasteiger charge is -2.30. The zero-order chi connectivity index (χ0) is 11.1. The van der Waals surface area contributed by atoms with E-state index in [4.69, 9.17) is 0 Å². The summed E-state index contributed by atoms with van der Waals surface area (Å²) in [5, 5.41) is 10.5. The monoisotopic (exact) mass is 222 g/mol. The van der Waals surface area contributed by atoms with Crippen molar-refractivity contribution in [1.29, 1.82) is 0 Å². The molecule has 2 atom stereocenters. The molecule has 4 heteroatoms. The number of aliphatic imine (C=N–C) groups is 1. The summed E-state index contributed by atoms with van der Waals surface area (Å²) in [5.41, 5.74) is 0. The molecule has 0 aromatic heterocycles. The molecule has 4 nitrogen and oxygen atoms in total. The molecule has 2 unspecified atom stereocenters. The molecule has 0 aliphatic carbocycles. The third-order valence-electron chi connectivity index (χ3n) is 3.19. The summed E-state index contributed by atoms with van der Waals surface area (Å²) in [4.78, 5) is 4.39. The fraction of sp³-hybridized carbons (Fsp3) is 0.750. The van der Waals surface area contributed by atoms with E-state index in [1.165, 1.54) is 6.42 Å². The number of hydrogen-bond acceptors (Lipinski definition) is 4. The molecule has 0 aromatic rings. The summed E-state index contributed by atoms with van der Waals surface area (Å²) in [6.45, 7) is 4.06. The highest BCUT2D eigenvalue weighted by Crippen LogP contribution is 2.06. The van der Waals surface area contributed by atoms with Crippen LogP contribution in [0.4, 0.5) is 0 Å². The van der Waals surface area contributed by atoms with E-state index >= 15 is 0 Å². The second-order valence-electron chi connectivity index (χ2n) is 4.40. The van der Waals surface area contributed by atoms with Crippen LogP contribution >= 0.6 is 0 Å². The Morgan fingerprint density at radius 2 is 2.12 bits per heavy atom. The van der Waals surface area contributed by atoms with Gasteiger partial charge in [-0.1, -0.05) is 6.08 Å². The molecule has 16 heavy (non-hydrogen) atoms. The third kappa shape index (κ3) is 3.61. The quantitative estimate of drug-likeness (QED) is 0.597. The van der Waals surface area contributed by atoms with E-state index in [0.717, 1.165) is 39.0 Å². The fourth-order valence-electron chi connectivity index (χ4n) is 2.27. The van der Waals surface area contributed by atoms with Crippen LogP contribution in [0.3, 0.4) is 0 Å². The van der Waals surface area contributed by atoms with Crippen LogP contribution in [0.5, 0.6) is 0 Å². The van der Waals surface area contributed by atoms with Crippen LogP contribution in [0.1, 0.15) is 19.3 Å². The van der Waals surface area contributed by atoms with E-state index in [1.54, 1.807) is 0 Å².